The van der Waals surface area contributed by atoms with Crippen LogP contribution in [0.15, 0.2) is 30.5 Å². The second-order valence-corrected chi connectivity index (χ2v) is 5.38. The molecule has 0 atom stereocenters. The topological polar surface area (TPSA) is 82.5 Å². The van der Waals surface area contributed by atoms with E-state index in [9.17, 15) is 15.0 Å². The number of aliphatic hydroxyl groups excluding tert-OH is 1. The first kappa shape index (κ1) is 12.9. The normalized spacial score (nSPS) is 16.1. The van der Waals surface area contributed by atoms with E-state index < -0.39 is 5.97 Å². The Labute approximate surface area is 116 Å². The fourth-order valence-corrected chi connectivity index (χ4v) is 2.34. The first-order chi connectivity index (χ1) is 9.65. The highest BCUT2D eigenvalue weighted by molar-refractivity contribution is 6.06. The molecule has 0 unspecified atom stereocenters. The van der Waals surface area contributed by atoms with Crippen molar-refractivity contribution in [1.82, 2.24) is 4.98 Å². The van der Waals surface area contributed by atoms with Crippen LogP contribution in [0.25, 0.3) is 10.8 Å². The van der Waals surface area contributed by atoms with E-state index in [-0.39, 0.29) is 17.6 Å². The lowest BCUT2D eigenvalue weighted by Crippen LogP contribution is -2.19. The molecule has 1 aliphatic carbocycles. The van der Waals surface area contributed by atoms with Gasteiger partial charge >= 0.3 is 5.97 Å². The van der Waals surface area contributed by atoms with E-state index in [4.69, 9.17) is 0 Å². The molecule has 1 aliphatic rings. The standard InChI is InChI=1S/C15H16N2O3/c18-9-15(5-6-15)8-17-13-11-4-2-1-3-10(11)12(7-16-13)14(19)20/h1-4,7,18H,5-6,8-9H2,(H,16,17)(H,19,20). The van der Waals surface area contributed by atoms with Gasteiger partial charge in [-0.2, -0.15) is 0 Å². The zero-order chi connectivity index (χ0) is 14.2. The number of hydrogen-bond acceptors (Lipinski definition) is 4. The van der Waals surface area contributed by atoms with Crippen LogP contribution >= 0.6 is 0 Å². The largest absolute Gasteiger partial charge is 0.478 e. The second kappa shape index (κ2) is 4.76. The number of carbonyl (C=O) groups is 1. The summed E-state index contributed by atoms with van der Waals surface area (Å²) in [5.74, 6) is -0.306. The molecule has 1 aromatic carbocycles. The average molecular weight is 272 g/mol. The molecule has 0 bridgehead atoms. The Morgan fingerprint density at radius 2 is 2.00 bits per heavy atom. The minimum Gasteiger partial charge on any atom is -0.478 e. The highest BCUT2D eigenvalue weighted by atomic mass is 16.4. The van der Waals surface area contributed by atoms with Gasteiger partial charge in [0, 0.05) is 28.9 Å². The number of pyridine rings is 1. The molecule has 3 N–H and O–H groups in total. The summed E-state index contributed by atoms with van der Waals surface area (Å²) in [5.41, 5.74) is 0.184. The number of rotatable bonds is 5. The summed E-state index contributed by atoms with van der Waals surface area (Å²) in [7, 11) is 0. The van der Waals surface area contributed by atoms with Crippen LogP contribution < -0.4 is 5.32 Å². The lowest BCUT2D eigenvalue weighted by Gasteiger charge is -2.15. The highest BCUT2D eigenvalue weighted by Gasteiger charge is 2.41. The lowest BCUT2D eigenvalue weighted by molar-refractivity contribution is 0.0698. The van der Waals surface area contributed by atoms with Gasteiger partial charge in [0.1, 0.15) is 5.82 Å². The van der Waals surface area contributed by atoms with Crippen molar-refractivity contribution in [2.45, 2.75) is 12.8 Å². The van der Waals surface area contributed by atoms with Crippen LogP contribution in [-0.2, 0) is 0 Å². The third-order valence-corrected chi connectivity index (χ3v) is 3.95. The van der Waals surface area contributed by atoms with Gasteiger partial charge in [0.2, 0.25) is 0 Å². The molecule has 1 saturated carbocycles. The van der Waals surface area contributed by atoms with Crippen molar-refractivity contribution in [2.75, 3.05) is 18.5 Å². The van der Waals surface area contributed by atoms with Crippen LogP contribution in [0.3, 0.4) is 0 Å². The number of benzene rings is 1. The molecule has 0 spiro atoms. The number of aliphatic hydroxyl groups is 1. The van der Waals surface area contributed by atoms with Crippen molar-refractivity contribution in [3.8, 4) is 0 Å². The molecular formula is C15H16N2O3. The van der Waals surface area contributed by atoms with E-state index in [1.54, 1.807) is 6.07 Å². The third-order valence-electron chi connectivity index (χ3n) is 3.95. The van der Waals surface area contributed by atoms with Gasteiger partial charge in [0.15, 0.2) is 0 Å². The summed E-state index contributed by atoms with van der Waals surface area (Å²) < 4.78 is 0. The maximum absolute atomic E-state index is 11.2. The smallest absolute Gasteiger partial charge is 0.337 e. The number of fused-ring (bicyclic) bond motifs is 1. The highest BCUT2D eigenvalue weighted by Crippen LogP contribution is 2.45. The maximum Gasteiger partial charge on any atom is 0.337 e. The molecule has 1 fully saturated rings. The number of carboxylic acids is 1. The second-order valence-electron chi connectivity index (χ2n) is 5.38. The first-order valence-electron chi connectivity index (χ1n) is 6.61. The third kappa shape index (κ3) is 2.20. The van der Waals surface area contributed by atoms with Gasteiger partial charge in [-0.05, 0) is 12.8 Å². The number of carboxylic acid groups (broad SMARTS) is 1. The van der Waals surface area contributed by atoms with Crippen molar-refractivity contribution in [2.24, 2.45) is 5.41 Å². The van der Waals surface area contributed by atoms with E-state index in [2.05, 4.69) is 10.3 Å². The minimum absolute atomic E-state index is 0.0196. The summed E-state index contributed by atoms with van der Waals surface area (Å²) in [5, 5.41) is 23.2. The van der Waals surface area contributed by atoms with Gasteiger partial charge in [-0.25, -0.2) is 9.78 Å². The van der Waals surface area contributed by atoms with Crippen molar-refractivity contribution in [3.63, 3.8) is 0 Å². The predicted octanol–water partition coefficient (Wildman–Crippen LogP) is 2.12. The van der Waals surface area contributed by atoms with Crippen molar-refractivity contribution in [1.29, 1.82) is 0 Å². The van der Waals surface area contributed by atoms with E-state index >= 15 is 0 Å². The van der Waals surface area contributed by atoms with Crippen LogP contribution in [0.2, 0.25) is 0 Å². The molecule has 1 heterocycles. The number of aromatic carboxylic acids is 1. The number of nitrogens with zero attached hydrogens (tertiary/aromatic N) is 1. The number of aromatic nitrogens is 1. The van der Waals surface area contributed by atoms with Gasteiger partial charge in [0.05, 0.1) is 12.2 Å². The Hall–Kier alpha value is -2.14. The molecule has 3 rings (SSSR count). The van der Waals surface area contributed by atoms with E-state index in [1.165, 1.54) is 6.20 Å². The predicted molar refractivity (Wildman–Crippen MR) is 75.9 cm³/mol. The van der Waals surface area contributed by atoms with Crippen molar-refractivity contribution in [3.05, 3.63) is 36.0 Å². The van der Waals surface area contributed by atoms with Crippen LogP contribution in [0.1, 0.15) is 23.2 Å². The monoisotopic (exact) mass is 272 g/mol. The van der Waals surface area contributed by atoms with E-state index in [0.29, 0.717) is 17.7 Å². The molecule has 2 aromatic rings. The average Bonchev–Trinajstić information content (AvgIpc) is 3.25. The summed E-state index contributed by atoms with van der Waals surface area (Å²) in [4.78, 5) is 15.4. The van der Waals surface area contributed by atoms with E-state index in [0.717, 1.165) is 18.2 Å². The Kier molecular flexibility index (Phi) is 3.06. The van der Waals surface area contributed by atoms with Crippen LogP contribution in [0, 0.1) is 5.41 Å². The van der Waals surface area contributed by atoms with Crippen LogP contribution in [0.5, 0.6) is 0 Å². The summed E-state index contributed by atoms with van der Waals surface area (Å²) in [6.07, 6.45) is 3.41. The molecule has 5 nitrogen and oxygen atoms in total. The van der Waals surface area contributed by atoms with Gasteiger partial charge in [-0.15, -0.1) is 0 Å². The van der Waals surface area contributed by atoms with Crippen LogP contribution in [-0.4, -0.2) is 34.3 Å². The summed E-state index contributed by atoms with van der Waals surface area (Å²) in [6.45, 7) is 0.831. The Balaban J connectivity index is 1.96. The Bertz CT molecular complexity index is 665. The van der Waals surface area contributed by atoms with Crippen LogP contribution in [0.4, 0.5) is 5.82 Å². The molecule has 20 heavy (non-hydrogen) atoms. The Morgan fingerprint density at radius 3 is 2.60 bits per heavy atom. The zero-order valence-corrected chi connectivity index (χ0v) is 11.0. The molecule has 0 saturated heterocycles. The van der Waals surface area contributed by atoms with Gasteiger partial charge in [0.25, 0.3) is 0 Å². The van der Waals surface area contributed by atoms with Crippen molar-refractivity contribution >= 4 is 22.6 Å². The van der Waals surface area contributed by atoms with Gasteiger partial charge in [-0.1, -0.05) is 24.3 Å². The number of nitrogens with one attached hydrogen (secondary N) is 1. The van der Waals surface area contributed by atoms with Gasteiger partial charge < -0.3 is 15.5 Å². The summed E-state index contributed by atoms with van der Waals surface area (Å²) >= 11 is 0. The van der Waals surface area contributed by atoms with E-state index in [1.807, 2.05) is 18.2 Å². The van der Waals surface area contributed by atoms with Gasteiger partial charge in [-0.3, -0.25) is 0 Å². The minimum atomic E-state index is -0.978. The molecule has 1 aromatic heterocycles. The molecule has 0 radical (unpaired) electrons. The fraction of sp³-hybridized carbons (Fsp3) is 0.333. The Morgan fingerprint density at radius 1 is 1.30 bits per heavy atom. The molecule has 5 heteroatoms. The maximum atomic E-state index is 11.2. The quantitative estimate of drug-likeness (QED) is 0.776. The lowest BCUT2D eigenvalue weighted by atomic mass is 10.1. The first-order valence-corrected chi connectivity index (χ1v) is 6.61. The molecule has 104 valence electrons. The zero-order valence-electron chi connectivity index (χ0n) is 11.0. The fourth-order valence-electron chi connectivity index (χ4n) is 2.34. The number of hydrogen-bond donors (Lipinski definition) is 3. The SMILES string of the molecule is O=C(O)c1cnc(NCC2(CO)CC2)c2ccccc12. The summed E-state index contributed by atoms with van der Waals surface area (Å²) in [6, 6.07) is 7.31. The number of anilines is 1. The van der Waals surface area contributed by atoms with Crippen molar-refractivity contribution < 1.29 is 15.0 Å². The molecular weight excluding hydrogens is 256 g/mol. The molecule has 0 amide bonds. The molecule has 0 aliphatic heterocycles.